The van der Waals surface area contributed by atoms with Gasteiger partial charge >= 0.3 is 0 Å². The number of rotatable bonds is 8. The number of nitrogens with zero attached hydrogens (tertiary/aromatic N) is 2. The van der Waals surface area contributed by atoms with E-state index in [1.807, 2.05) is 37.3 Å². The van der Waals surface area contributed by atoms with Crippen LogP contribution in [-0.2, 0) is 11.3 Å². The van der Waals surface area contributed by atoms with Crippen molar-refractivity contribution in [3.05, 3.63) is 64.7 Å². The van der Waals surface area contributed by atoms with Gasteiger partial charge in [-0.3, -0.25) is 14.2 Å². The van der Waals surface area contributed by atoms with Crippen molar-refractivity contribution in [3.8, 4) is 11.5 Å². The number of methoxy groups -OCH3 is 2. The van der Waals surface area contributed by atoms with Crippen LogP contribution in [0.25, 0.3) is 10.9 Å². The third kappa shape index (κ3) is 4.74. The molecule has 0 aliphatic heterocycles. The van der Waals surface area contributed by atoms with E-state index in [2.05, 4.69) is 10.3 Å². The molecule has 1 heterocycles. The summed E-state index contributed by atoms with van der Waals surface area (Å²) < 4.78 is 12.0. The van der Waals surface area contributed by atoms with Crippen LogP contribution < -0.4 is 20.3 Å². The second-order valence-corrected chi connectivity index (χ2v) is 6.77. The number of hydrogen-bond donors (Lipinski definition) is 1. The molecule has 0 bridgehead atoms. The highest BCUT2D eigenvalue weighted by atomic mass is 16.5. The molecular weight excluding hydrogens is 370 g/mol. The molecule has 0 radical (unpaired) electrons. The van der Waals surface area contributed by atoms with Gasteiger partial charge in [0.15, 0.2) is 11.5 Å². The molecule has 7 nitrogen and oxygen atoms in total. The molecule has 0 fully saturated rings. The van der Waals surface area contributed by atoms with Gasteiger partial charge in [-0.1, -0.05) is 30.3 Å². The molecule has 1 N–H and O–H groups in total. The summed E-state index contributed by atoms with van der Waals surface area (Å²) in [5, 5.41) is 3.43. The lowest BCUT2D eigenvalue weighted by Crippen LogP contribution is -2.27. The zero-order chi connectivity index (χ0) is 20.8. The van der Waals surface area contributed by atoms with E-state index in [0.717, 1.165) is 5.56 Å². The largest absolute Gasteiger partial charge is 0.493 e. The molecule has 152 valence electrons. The Labute approximate surface area is 169 Å². The van der Waals surface area contributed by atoms with E-state index in [4.69, 9.17) is 9.47 Å². The van der Waals surface area contributed by atoms with Gasteiger partial charge in [0.05, 0.1) is 37.5 Å². The van der Waals surface area contributed by atoms with E-state index >= 15 is 0 Å². The lowest BCUT2D eigenvalue weighted by atomic mass is 10.1. The average Bonchev–Trinajstić information content (AvgIpc) is 2.75. The van der Waals surface area contributed by atoms with Crippen molar-refractivity contribution in [2.75, 3.05) is 14.2 Å². The van der Waals surface area contributed by atoms with Crippen LogP contribution in [0.4, 0.5) is 0 Å². The maximum atomic E-state index is 12.8. The first-order chi connectivity index (χ1) is 14.0. The van der Waals surface area contributed by atoms with Gasteiger partial charge in [-0.25, -0.2) is 4.98 Å². The summed E-state index contributed by atoms with van der Waals surface area (Å²) in [4.78, 5) is 29.3. The third-order valence-corrected chi connectivity index (χ3v) is 4.81. The molecular formula is C22H25N3O4. The number of carbonyl (C=O) groups excluding carboxylic acids is 1. The van der Waals surface area contributed by atoms with E-state index in [-0.39, 0.29) is 17.5 Å². The van der Waals surface area contributed by atoms with Crippen molar-refractivity contribution in [2.24, 2.45) is 0 Å². The molecule has 0 aliphatic carbocycles. The van der Waals surface area contributed by atoms with Crippen molar-refractivity contribution in [3.63, 3.8) is 0 Å². The Kier molecular flexibility index (Phi) is 6.49. The maximum Gasteiger partial charge on any atom is 0.261 e. The number of aromatic nitrogens is 2. The van der Waals surface area contributed by atoms with E-state index in [0.29, 0.717) is 41.8 Å². The van der Waals surface area contributed by atoms with Gasteiger partial charge in [-0.15, -0.1) is 0 Å². The smallest absolute Gasteiger partial charge is 0.261 e. The topological polar surface area (TPSA) is 82.5 Å². The molecule has 1 atom stereocenters. The summed E-state index contributed by atoms with van der Waals surface area (Å²) in [6.07, 6.45) is 2.36. The fourth-order valence-corrected chi connectivity index (χ4v) is 3.19. The van der Waals surface area contributed by atoms with Crippen LogP contribution in [0.3, 0.4) is 0 Å². The fourth-order valence-electron chi connectivity index (χ4n) is 3.19. The number of ether oxygens (including phenoxy) is 2. The van der Waals surface area contributed by atoms with Crippen molar-refractivity contribution >= 4 is 16.8 Å². The second-order valence-electron chi connectivity index (χ2n) is 6.77. The Morgan fingerprint density at radius 1 is 1.14 bits per heavy atom. The van der Waals surface area contributed by atoms with Crippen LogP contribution in [0, 0.1) is 0 Å². The second kappa shape index (κ2) is 9.23. The van der Waals surface area contributed by atoms with Crippen molar-refractivity contribution in [1.29, 1.82) is 0 Å². The van der Waals surface area contributed by atoms with Gasteiger partial charge in [0.2, 0.25) is 5.91 Å². The van der Waals surface area contributed by atoms with Gasteiger partial charge in [-0.05, 0) is 25.0 Å². The first kappa shape index (κ1) is 20.4. The molecule has 1 amide bonds. The molecule has 3 aromatic rings. The molecule has 29 heavy (non-hydrogen) atoms. The number of aryl methyl sites for hydroxylation is 1. The van der Waals surface area contributed by atoms with Gasteiger partial charge in [0, 0.05) is 19.0 Å². The monoisotopic (exact) mass is 395 g/mol. The maximum absolute atomic E-state index is 12.8. The highest BCUT2D eigenvalue weighted by Crippen LogP contribution is 2.29. The molecule has 1 unspecified atom stereocenters. The van der Waals surface area contributed by atoms with Crippen LogP contribution in [0.2, 0.25) is 0 Å². The van der Waals surface area contributed by atoms with Crippen LogP contribution in [0.1, 0.15) is 31.4 Å². The summed E-state index contributed by atoms with van der Waals surface area (Å²) in [5.74, 6) is 0.953. The predicted molar refractivity (Wildman–Crippen MR) is 111 cm³/mol. The summed E-state index contributed by atoms with van der Waals surface area (Å²) in [7, 11) is 3.06. The van der Waals surface area contributed by atoms with E-state index in [9.17, 15) is 9.59 Å². The highest BCUT2D eigenvalue weighted by molar-refractivity contribution is 5.81. The molecule has 7 heteroatoms. The highest BCUT2D eigenvalue weighted by Gasteiger charge is 2.12. The first-order valence-corrected chi connectivity index (χ1v) is 9.49. The van der Waals surface area contributed by atoms with Gasteiger partial charge in [0.25, 0.3) is 5.56 Å². The number of hydrogen-bond acceptors (Lipinski definition) is 5. The average molecular weight is 395 g/mol. The molecule has 2 aromatic carbocycles. The Morgan fingerprint density at radius 3 is 2.52 bits per heavy atom. The fraction of sp³-hybridized carbons (Fsp3) is 0.318. The lowest BCUT2D eigenvalue weighted by Gasteiger charge is -2.14. The van der Waals surface area contributed by atoms with Crippen LogP contribution in [0.5, 0.6) is 11.5 Å². The van der Waals surface area contributed by atoms with Gasteiger partial charge < -0.3 is 14.8 Å². The molecule has 3 rings (SSSR count). The van der Waals surface area contributed by atoms with E-state index in [1.165, 1.54) is 25.1 Å². The number of carbonyl (C=O) groups is 1. The number of nitrogens with one attached hydrogen (secondary N) is 1. The van der Waals surface area contributed by atoms with Crippen molar-refractivity contribution in [1.82, 2.24) is 14.9 Å². The zero-order valence-corrected chi connectivity index (χ0v) is 16.8. The first-order valence-electron chi connectivity index (χ1n) is 9.49. The van der Waals surface area contributed by atoms with E-state index < -0.39 is 0 Å². The van der Waals surface area contributed by atoms with Crippen molar-refractivity contribution in [2.45, 2.75) is 32.4 Å². The number of amides is 1. The Balaban J connectivity index is 1.64. The summed E-state index contributed by atoms with van der Waals surface area (Å²) >= 11 is 0. The Hall–Kier alpha value is -3.35. The minimum Gasteiger partial charge on any atom is -0.493 e. The zero-order valence-electron chi connectivity index (χ0n) is 16.8. The summed E-state index contributed by atoms with van der Waals surface area (Å²) in [6.45, 7) is 2.36. The number of benzene rings is 2. The lowest BCUT2D eigenvalue weighted by molar-refractivity contribution is -0.121. The van der Waals surface area contributed by atoms with Crippen molar-refractivity contribution < 1.29 is 14.3 Å². The predicted octanol–water partition coefficient (Wildman–Crippen LogP) is 3.07. The van der Waals surface area contributed by atoms with Crippen LogP contribution in [-0.4, -0.2) is 29.7 Å². The quantitative estimate of drug-likeness (QED) is 0.634. The molecule has 1 aromatic heterocycles. The normalized spacial score (nSPS) is 11.8. The molecule has 0 spiro atoms. The van der Waals surface area contributed by atoms with Crippen LogP contribution in [0.15, 0.2) is 53.6 Å². The molecule has 0 saturated heterocycles. The summed E-state index contributed by atoms with van der Waals surface area (Å²) in [5.41, 5.74) is 1.42. The minimum absolute atomic E-state index is 0.0467. The summed E-state index contributed by atoms with van der Waals surface area (Å²) in [6, 6.07) is 13.1. The molecule has 0 saturated carbocycles. The standard InChI is InChI=1S/C22H25N3O4/c1-15(16-8-5-4-6-9-16)24-21(26)10-7-11-25-14-23-18-13-20(29-3)19(28-2)12-17(18)22(25)27/h4-6,8-9,12-15H,7,10-11H2,1-3H3,(H,24,26). The SMILES string of the molecule is COc1cc2ncn(CCCC(=O)NC(C)c3ccccc3)c(=O)c2cc1OC. The number of fused-ring (bicyclic) bond motifs is 1. The third-order valence-electron chi connectivity index (χ3n) is 4.81. The molecule has 0 aliphatic rings. The minimum atomic E-state index is -0.172. The van der Waals surface area contributed by atoms with Crippen LogP contribution >= 0.6 is 0 Å². The Bertz CT molecular complexity index is 1050. The van der Waals surface area contributed by atoms with Gasteiger partial charge in [0.1, 0.15) is 0 Å². The van der Waals surface area contributed by atoms with Gasteiger partial charge in [-0.2, -0.15) is 0 Å². The Morgan fingerprint density at radius 2 is 1.83 bits per heavy atom. The van der Waals surface area contributed by atoms with E-state index in [1.54, 1.807) is 12.1 Å².